The molecule has 0 amide bonds. The average molecular weight is 325 g/mol. The van der Waals surface area contributed by atoms with Crippen molar-refractivity contribution in [3.05, 3.63) is 28.0 Å². The van der Waals surface area contributed by atoms with E-state index in [-0.39, 0.29) is 10.3 Å². The van der Waals surface area contributed by atoms with E-state index in [1.54, 1.807) is 12.1 Å². The van der Waals surface area contributed by atoms with Crippen LogP contribution >= 0.6 is 15.9 Å². The third-order valence-electron chi connectivity index (χ3n) is 3.98. The van der Waals surface area contributed by atoms with Crippen molar-refractivity contribution < 1.29 is 4.39 Å². The fourth-order valence-corrected chi connectivity index (χ4v) is 3.27. The van der Waals surface area contributed by atoms with Gasteiger partial charge in [-0.2, -0.15) is 5.26 Å². The highest BCUT2D eigenvalue weighted by Crippen LogP contribution is 2.32. The number of rotatable bonds is 3. The number of benzene rings is 1. The second-order valence-corrected chi connectivity index (χ2v) is 5.90. The lowest BCUT2D eigenvalue weighted by Gasteiger charge is -2.32. The summed E-state index contributed by atoms with van der Waals surface area (Å²) in [6.07, 6.45) is 5.91. The normalized spacial score (nSPS) is 22.8. The van der Waals surface area contributed by atoms with E-state index in [1.807, 2.05) is 6.07 Å². The molecule has 1 aromatic carbocycles. The molecule has 2 rings (SSSR count). The van der Waals surface area contributed by atoms with Crippen LogP contribution in [0.5, 0.6) is 0 Å². The first-order valence-electron chi connectivity index (χ1n) is 6.82. The van der Waals surface area contributed by atoms with Crippen molar-refractivity contribution in [2.75, 3.05) is 5.32 Å². The number of hydrogen-bond donors (Lipinski definition) is 1. The Labute approximate surface area is 122 Å². The lowest BCUT2D eigenvalue weighted by Crippen LogP contribution is -2.32. The molecule has 0 radical (unpaired) electrons. The van der Waals surface area contributed by atoms with Gasteiger partial charge in [0.05, 0.1) is 15.7 Å². The SMILES string of the molecule is CCC1CCCCC1Nc1ccc(C#N)c(Br)c1F. The van der Waals surface area contributed by atoms with Gasteiger partial charge >= 0.3 is 0 Å². The lowest BCUT2D eigenvalue weighted by molar-refractivity contribution is 0.316. The van der Waals surface area contributed by atoms with Gasteiger partial charge in [0.2, 0.25) is 0 Å². The topological polar surface area (TPSA) is 35.8 Å². The molecule has 0 saturated heterocycles. The number of nitriles is 1. The largest absolute Gasteiger partial charge is 0.380 e. The maximum Gasteiger partial charge on any atom is 0.161 e. The molecule has 0 heterocycles. The van der Waals surface area contributed by atoms with E-state index in [4.69, 9.17) is 5.26 Å². The summed E-state index contributed by atoms with van der Waals surface area (Å²) >= 11 is 3.15. The van der Waals surface area contributed by atoms with Crippen LogP contribution in [0, 0.1) is 23.1 Å². The first-order valence-corrected chi connectivity index (χ1v) is 7.61. The highest BCUT2D eigenvalue weighted by molar-refractivity contribution is 9.10. The maximum atomic E-state index is 14.2. The third-order valence-corrected chi connectivity index (χ3v) is 4.75. The van der Waals surface area contributed by atoms with Crippen LogP contribution in [-0.4, -0.2) is 6.04 Å². The molecule has 0 aromatic heterocycles. The summed E-state index contributed by atoms with van der Waals surface area (Å²) in [6.45, 7) is 2.19. The molecule has 0 spiro atoms. The molecule has 1 aliphatic rings. The van der Waals surface area contributed by atoms with E-state index in [0.717, 1.165) is 12.8 Å². The number of nitrogens with zero attached hydrogens (tertiary/aromatic N) is 1. The molecule has 1 aromatic rings. The minimum Gasteiger partial charge on any atom is -0.380 e. The molecule has 1 aliphatic carbocycles. The van der Waals surface area contributed by atoms with Gasteiger partial charge in [-0.05, 0) is 46.8 Å². The predicted octanol–water partition coefficient (Wildman–Crippen LogP) is 4.84. The molecule has 2 atom stereocenters. The van der Waals surface area contributed by atoms with Crippen molar-refractivity contribution in [2.45, 2.75) is 45.1 Å². The molecule has 1 saturated carbocycles. The Morgan fingerprint density at radius 1 is 1.42 bits per heavy atom. The standard InChI is InChI=1S/C15H18BrFN2/c1-2-10-5-3-4-6-12(10)19-13-8-7-11(9-18)14(16)15(13)17/h7-8,10,12,19H,2-6H2,1H3. The lowest BCUT2D eigenvalue weighted by atomic mass is 9.83. The van der Waals surface area contributed by atoms with Gasteiger partial charge in [-0.25, -0.2) is 4.39 Å². The molecule has 102 valence electrons. The highest BCUT2D eigenvalue weighted by Gasteiger charge is 2.24. The molecule has 0 aliphatic heterocycles. The van der Waals surface area contributed by atoms with E-state index < -0.39 is 0 Å². The smallest absolute Gasteiger partial charge is 0.161 e. The number of nitrogens with one attached hydrogen (secondary N) is 1. The summed E-state index contributed by atoms with van der Waals surface area (Å²) in [5, 5.41) is 12.2. The Kier molecular flexibility index (Phi) is 4.81. The molecular formula is C15H18BrFN2. The Hall–Kier alpha value is -1.08. The van der Waals surface area contributed by atoms with Gasteiger partial charge in [0.25, 0.3) is 0 Å². The van der Waals surface area contributed by atoms with Crippen molar-refractivity contribution in [3.8, 4) is 6.07 Å². The van der Waals surface area contributed by atoms with E-state index in [2.05, 4.69) is 28.2 Å². The Bertz CT molecular complexity index is 496. The van der Waals surface area contributed by atoms with Crippen LogP contribution in [-0.2, 0) is 0 Å². The molecular weight excluding hydrogens is 307 g/mol. The van der Waals surface area contributed by atoms with Crippen LogP contribution in [0.1, 0.15) is 44.6 Å². The predicted molar refractivity (Wildman–Crippen MR) is 78.5 cm³/mol. The summed E-state index contributed by atoms with van der Waals surface area (Å²) in [6, 6.07) is 5.63. The van der Waals surface area contributed by atoms with Crippen molar-refractivity contribution in [1.29, 1.82) is 5.26 Å². The van der Waals surface area contributed by atoms with Crippen LogP contribution < -0.4 is 5.32 Å². The first-order chi connectivity index (χ1) is 9.17. The van der Waals surface area contributed by atoms with Crippen molar-refractivity contribution in [2.24, 2.45) is 5.92 Å². The zero-order valence-corrected chi connectivity index (χ0v) is 12.6. The summed E-state index contributed by atoms with van der Waals surface area (Å²) in [5.41, 5.74) is 0.829. The van der Waals surface area contributed by atoms with Gasteiger partial charge < -0.3 is 5.32 Å². The van der Waals surface area contributed by atoms with E-state index >= 15 is 0 Å². The van der Waals surface area contributed by atoms with Crippen molar-refractivity contribution in [1.82, 2.24) is 0 Å². The van der Waals surface area contributed by atoms with Crippen LogP contribution in [0.15, 0.2) is 16.6 Å². The summed E-state index contributed by atoms with van der Waals surface area (Å²) in [7, 11) is 0. The molecule has 1 fully saturated rings. The fourth-order valence-electron chi connectivity index (χ4n) is 2.83. The average Bonchev–Trinajstić information content (AvgIpc) is 2.45. The van der Waals surface area contributed by atoms with Gasteiger partial charge in [0, 0.05) is 6.04 Å². The summed E-state index contributed by atoms with van der Waals surface area (Å²) < 4.78 is 14.4. The van der Waals surface area contributed by atoms with E-state index in [9.17, 15) is 4.39 Å². The van der Waals surface area contributed by atoms with Crippen LogP contribution in [0.2, 0.25) is 0 Å². The van der Waals surface area contributed by atoms with Crippen LogP contribution in [0.4, 0.5) is 10.1 Å². The fraction of sp³-hybridized carbons (Fsp3) is 0.533. The maximum absolute atomic E-state index is 14.2. The van der Waals surface area contributed by atoms with Gasteiger partial charge in [0.1, 0.15) is 6.07 Å². The van der Waals surface area contributed by atoms with Gasteiger partial charge in [-0.3, -0.25) is 0 Å². The van der Waals surface area contributed by atoms with Crippen molar-refractivity contribution in [3.63, 3.8) is 0 Å². The number of hydrogen-bond acceptors (Lipinski definition) is 2. The number of halogens is 2. The minimum absolute atomic E-state index is 0.254. The van der Waals surface area contributed by atoms with Crippen LogP contribution in [0.25, 0.3) is 0 Å². The summed E-state index contributed by atoms with van der Waals surface area (Å²) in [4.78, 5) is 0. The third kappa shape index (κ3) is 3.09. The Morgan fingerprint density at radius 3 is 2.84 bits per heavy atom. The highest BCUT2D eigenvalue weighted by atomic mass is 79.9. The zero-order valence-electron chi connectivity index (χ0n) is 11.0. The molecule has 4 heteroatoms. The first kappa shape index (κ1) is 14.3. The minimum atomic E-state index is -0.362. The zero-order chi connectivity index (χ0) is 13.8. The molecule has 19 heavy (non-hydrogen) atoms. The van der Waals surface area contributed by atoms with Gasteiger partial charge in [-0.15, -0.1) is 0 Å². The quantitative estimate of drug-likeness (QED) is 0.863. The van der Waals surface area contributed by atoms with Gasteiger partial charge in [0.15, 0.2) is 5.82 Å². The second kappa shape index (κ2) is 6.38. The Morgan fingerprint density at radius 2 is 2.16 bits per heavy atom. The van der Waals surface area contributed by atoms with E-state index in [1.165, 1.54) is 19.3 Å². The van der Waals surface area contributed by atoms with Gasteiger partial charge in [-0.1, -0.05) is 26.2 Å². The molecule has 0 bridgehead atoms. The van der Waals surface area contributed by atoms with Crippen molar-refractivity contribution >= 4 is 21.6 Å². The molecule has 2 nitrogen and oxygen atoms in total. The monoisotopic (exact) mass is 324 g/mol. The second-order valence-electron chi connectivity index (χ2n) is 5.10. The summed E-state index contributed by atoms with van der Waals surface area (Å²) in [5.74, 6) is 0.252. The van der Waals surface area contributed by atoms with E-state index in [0.29, 0.717) is 23.2 Å². The van der Waals surface area contributed by atoms with Crippen LogP contribution in [0.3, 0.4) is 0 Å². The molecule has 2 unspecified atom stereocenters. The molecule has 1 N–H and O–H groups in total. The number of anilines is 1. The Balaban J connectivity index is 2.19.